The Morgan fingerprint density at radius 1 is 1.10 bits per heavy atom. The summed E-state index contributed by atoms with van der Waals surface area (Å²) in [6.45, 7) is 10.1. The maximum Gasteiger partial charge on any atom is 0.227 e. The highest BCUT2D eigenvalue weighted by Crippen LogP contribution is 2.23. The van der Waals surface area contributed by atoms with E-state index in [4.69, 9.17) is 4.98 Å². The summed E-state index contributed by atoms with van der Waals surface area (Å²) in [5, 5.41) is 3.10. The lowest BCUT2D eigenvalue weighted by Crippen LogP contribution is -2.38. The maximum absolute atomic E-state index is 12.7. The monoisotopic (exact) mass is 404 g/mol. The first kappa shape index (κ1) is 20.6. The minimum atomic E-state index is 0.0796. The van der Waals surface area contributed by atoms with Gasteiger partial charge in [-0.15, -0.1) is 0 Å². The van der Waals surface area contributed by atoms with Crippen LogP contribution in [-0.2, 0) is 17.9 Å². The molecule has 0 spiro atoms. The van der Waals surface area contributed by atoms with Gasteiger partial charge in [0.15, 0.2) is 0 Å². The summed E-state index contributed by atoms with van der Waals surface area (Å²) in [7, 11) is 0. The molecule has 1 aliphatic rings. The van der Waals surface area contributed by atoms with Gasteiger partial charge >= 0.3 is 0 Å². The number of rotatable bonds is 6. The first-order valence-electron chi connectivity index (χ1n) is 11.1. The van der Waals surface area contributed by atoms with Crippen LogP contribution in [0.5, 0.6) is 0 Å². The van der Waals surface area contributed by atoms with Crippen molar-refractivity contribution in [1.29, 1.82) is 0 Å². The maximum atomic E-state index is 12.7. The molecule has 3 aromatic rings. The summed E-state index contributed by atoms with van der Waals surface area (Å²) in [5.41, 5.74) is 4.45. The van der Waals surface area contributed by atoms with Crippen molar-refractivity contribution < 1.29 is 4.79 Å². The summed E-state index contributed by atoms with van der Waals surface area (Å²) in [5.74, 6) is 1.84. The van der Waals surface area contributed by atoms with Gasteiger partial charge in [0, 0.05) is 18.2 Å². The predicted octanol–water partition coefficient (Wildman–Crippen LogP) is 5.03. The lowest BCUT2D eigenvalue weighted by molar-refractivity contribution is -0.121. The Balaban J connectivity index is 1.33. The number of likely N-dealkylation sites (tertiary alicyclic amines) is 1. The molecule has 1 N–H and O–H groups in total. The summed E-state index contributed by atoms with van der Waals surface area (Å²) in [6, 6.07) is 16.6. The first-order valence-corrected chi connectivity index (χ1v) is 11.1. The van der Waals surface area contributed by atoms with Crippen LogP contribution in [-0.4, -0.2) is 33.4 Å². The van der Waals surface area contributed by atoms with Crippen LogP contribution in [0.2, 0.25) is 0 Å². The summed E-state index contributed by atoms with van der Waals surface area (Å²) in [6.07, 6.45) is 1.78. The van der Waals surface area contributed by atoms with E-state index >= 15 is 0 Å². The Kier molecular flexibility index (Phi) is 6.18. The van der Waals surface area contributed by atoms with Crippen molar-refractivity contribution in [1.82, 2.24) is 14.5 Å². The number of amides is 1. The van der Waals surface area contributed by atoms with Crippen molar-refractivity contribution in [3.8, 4) is 0 Å². The number of hydrogen-bond acceptors (Lipinski definition) is 3. The smallest absolute Gasteiger partial charge is 0.227 e. The molecule has 1 amide bonds. The van der Waals surface area contributed by atoms with Gasteiger partial charge in [0.25, 0.3) is 0 Å². The van der Waals surface area contributed by atoms with E-state index in [1.165, 1.54) is 11.1 Å². The SMILES string of the molecule is CCn1c(CN2CCC(C(=O)Nc3ccc(C(C)C)cc3)CC2)nc2ccccc21. The van der Waals surface area contributed by atoms with Gasteiger partial charge in [-0.25, -0.2) is 4.98 Å². The molecule has 2 heterocycles. The van der Waals surface area contributed by atoms with Gasteiger partial charge in [-0.1, -0.05) is 38.1 Å². The zero-order valence-corrected chi connectivity index (χ0v) is 18.3. The number of nitrogens with one attached hydrogen (secondary N) is 1. The molecule has 30 heavy (non-hydrogen) atoms. The highest BCUT2D eigenvalue weighted by molar-refractivity contribution is 5.92. The Labute approximate surface area is 179 Å². The second kappa shape index (κ2) is 9.00. The van der Waals surface area contributed by atoms with E-state index in [1.54, 1.807) is 0 Å². The molecule has 2 aromatic carbocycles. The molecule has 0 radical (unpaired) electrons. The molecule has 1 aromatic heterocycles. The number of anilines is 1. The highest BCUT2D eigenvalue weighted by atomic mass is 16.1. The lowest BCUT2D eigenvalue weighted by Gasteiger charge is -2.31. The predicted molar refractivity (Wildman–Crippen MR) is 123 cm³/mol. The van der Waals surface area contributed by atoms with E-state index in [1.807, 2.05) is 18.2 Å². The van der Waals surface area contributed by atoms with E-state index in [-0.39, 0.29) is 11.8 Å². The van der Waals surface area contributed by atoms with E-state index in [2.05, 4.69) is 65.9 Å². The molecule has 0 unspecified atom stereocenters. The average molecular weight is 405 g/mol. The number of imidazole rings is 1. The van der Waals surface area contributed by atoms with Crippen molar-refractivity contribution in [3.05, 3.63) is 59.9 Å². The van der Waals surface area contributed by atoms with Gasteiger partial charge in [0.2, 0.25) is 5.91 Å². The Bertz CT molecular complexity index is 998. The second-order valence-corrected chi connectivity index (χ2v) is 8.58. The third-order valence-corrected chi connectivity index (χ3v) is 6.22. The highest BCUT2D eigenvalue weighted by Gasteiger charge is 2.26. The summed E-state index contributed by atoms with van der Waals surface area (Å²) in [4.78, 5) is 20.0. The molecular weight excluding hydrogens is 372 g/mol. The molecule has 0 saturated carbocycles. The Hall–Kier alpha value is -2.66. The van der Waals surface area contributed by atoms with Crippen LogP contribution in [0.25, 0.3) is 11.0 Å². The number of fused-ring (bicyclic) bond motifs is 1. The first-order chi connectivity index (χ1) is 14.5. The van der Waals surface area contributed by atoms with Gasteiger partial charge in [-0.05, 0) is 68.6 Å². The number of benzene rings is 2. The summed E-state index contributed by atoms with van der Waals surface area (Å²) < 4.78 is 2.30. The molecule has 1 fully saturated rings. The fraction of sp³-hybridized carbons (Fsp3) is 0.440. The van der Waals surface area contributed by atoms with Crippen molar-refractivity contribution in [2.75, 3.05) is 18.4 Å². The Morgan fingerprint density at radius 2 is 1.80 bits per heavy atom. The standard InChI is InChI=1S/C25H32N4O/c1-4-29-23-8-6-5-7-22(23)27-24(29)17-28-15-13-20(14-16-28)25(30)26-21-11-9-19(10-12-21)18(2)3/h5-12,18,20H,4,13-17H2,1-3H3,(H,26,30). The second-order valence-electron chi connectivity index (χ2n) is 8.58. The number of nitrogens with zero attached hydrogens (tertiary/aromatic N) is 3. The van der Waals surface area contributed by atoms with E-state index in [0.717, 1.165) is 56.0 Å². The molecule has 0 aliphatic carbocycles. The van der Waals surface area contributed by atoms with Crippen LogP contribution in [0.3, 0.4) is 0 Å². The van der Waals surface area contributed by atoms with Crippen molar-refractivity contribution in [3.63, 3.8) is 0 Å². The largest absolute Gasteiger partial charge is 0.327 e. The number of aryl methyl sites for hydroxylation is 1. The minimum Gasteiger partial charge on any atom is -0.327 e. The number of hydrogen-bond donors (Lipinski definition) is 1. The van der Waals surface area contributed by atoms with Crippen LogP contribution < -0.4 is 5.32 Å². The van der Waals surface area contributed by atoms with E-state index in [9.17, 15) is 4.79 Å². The molecule has 5 nitrogen and oxygen atoms in total. The molecule has 0 atom stereocenters. The van der Waals surface area contributed by atoms with Crippen LogP contribution in [0.15, 0.2) is 48.5 Å². The van der Waals surface area contributed by atoms with Gasteiger partial charge in [-0.3, -0.25) is 9.69 Å². The summed E-state index contributed by atoms with van der Waals surface area (Å²) >= 11 is 0. The molecule has 0 bridgehead atoms. The van der Waals surface area contributed by atoms with E-state index in [0.29, 0.717) is 5.92 Å². The molecular formula is C25H32N4O. The van der Waals surface area contributed by atoms with Crippen LogP contribution in [0, 0.1) is 5.92 Å². The Morgan fingerprint density at radius 3 is 2.47 bits per heavy atom. The number of carbonyl (C=O) groups is 1. The molecule has 5 heteroatoms. The third kappa shape index (κ3) is 4.41. The number of para-hydroxylation sites is 2. The van der Waals surface area contributed by atoms with Gasteiger partial charge < -0.3 is 9.88 Å². The quantitative estimate of drug-likeness (QED) is 0.627. The fourth-order valence-corrected chi connectivity index (χ4v) is 4.35. The number of piperidine rings is 1. The van der Waals surface area contributed by atoms with Crippen LogP contribution in [0.4, 0.5) is 5.69 Å². The normalized spacial score (nSPS) is 15.7. The van der Waals surface area contributed by atoms with Gasteiger partial charge in [-0.2, -0.15) is 0 Å². The number of carbonyl (C=O) groups excluding carboxylic acids is 1. The minimum absolute atomic E-state index is 0.0796. The third-order valence-electron chi connectivity index (χ3n) is 6.22. The van der Waals surface area contributed by atoms with Gasteiger partial charge in [0.05, 0.1) is 17.6 Å². The van der Waals surface area contributed by atoms with Crippen LogP contribution >= 0.6 is 0 Å². The average Bonchev–Trinajstić information content (AvgIpc) is 3.11. The van der Waals surface area contributed by atoms with Crippen molar-refractivity contribution in [2.45, 2.75) is 52.6 Å². The molecule has 158 valence electrons. The zero-order valence-electron chi connectivity index (χ0n) is 18.3. The fourth-order valence-electron chi connectivity index (χ4n) is 4.35. The number of aromatic nitrogens is 2. The van der Waals surface area contributed by atoms with Crippen molar-refractivity contribution in [2.24, 2.45) is 5.92 Å². The van der Waals surface area contributed by atoms with E-state index < -0.39 is 0 Å². The molecule has 1 aliphatic heterocycles. The van der Waals surface area contributed by atoms with Gasteiger partial charge in [0.1, 0.15) is 5.82 Å². The lowest BCUT2D eigenvalue weighted by atomic mass is 9.95. The molecule has 4 rings (SSSR count). The zero-order chi connectivity index (χ0) is 21.1. The van der Waals surface area contributed by atoms with Crippen LogP contribution in [0.1, 0.15) is 50.9 Å². The van der Waals surface area contributed by atoms with Crippen molar-refractivity contribution >= 4 is 22.6 Å². The topological polar surface area (TPSA) is 50.2 Å². The molecule has 1 saturated heterocycles.